The van der Waals surface area contributed by atoms with Crippen molar-refractivity contribution in [1.29, 1.82) is 0 Å². The summed E-state index contributed by atoms with van der Waals surface area (Å²) in [6.07, 6.45) is -4.31. The van der Waals surface area contributed by atoms with E-state index >= 15 is 0 Å². The number of aliphatic hydroxyl groups is 1. The van der Waals surface area contributed by atoms with Crippen molar-refractivity contribution in [3.63, 3.8) is 0 Å². The van der Waals surface area contributed by atoms with Gasteiger partial charge in [-0.15, -0.1) is 0 Å². The van der Waals surface area contributed by atoms with Gasteiger partial charge < -0.3 is 5.11 Å². The minimum Gasteiger partial charge on any atom is -0.380 e. The number of piperidine rings is 1. The smallest absolute Gasteiger partial charge is 0.380 e. The Morgan fingerprint density at radius 3 is 2.19 bits per heavy atom. The van der Waals surface area contributed by atoms with E-state index in [1.807, 2.05) is 24.0 Å². The number of halogens is 4. The van der Waals surface area contributed by atoms with Crippen LogP contribution in [0.5, 0.6) is 0 Å². The molecule has 2 rings (SSSR count). The predicted molar refractivity (Wildman–Crippen MR) is 76.3 cm³/mol. The van der Waals surface area contributed by atoms with Crippen LogP contribution in [0.15, 0.2) is 24.3 Å². The Bertz CT molecular complexity index is 467. The van der Waals surface area contributed by atoms with Crippen molar-refractivity contribution >= 4 is 11.6 Å². The molecule has 21 heavy (non-hydrogen) atoms. The van der Waals surface area contributed by atoms with Crippen LogP contribution in [-0.4, -0.2) is 34.9 Å². The highest BCUT2D eigenvalue weighted by Crippen LogP contribution is 2.40. The third-order valence-electron chi connectivity index (χ3n) is 4.24. The fraction of sp³-hybridized carbons (Fsp3) is 0.600. The van der Waals surface area contributed by atoms with Crippen molar-refractivity contribution in [1.82, 2.24) is 4.90 Å². The van der Waals surface area contributed by atoms with E-state index < -0.39 is 11.8 Å². The molecular formula is C15H19ClF3NO. The Kier molecular flexibility index (Phi) is 4.85. The van der Waals surface area contributed by atoms with Crippen LogP contribution in [0.2, 0.25) is 5.02 Å². The monoisotopic (exact) mass is 321 g/mol. The van der Waals surface area contributed by atoms with Gasteiger partial charge in [0.15, 0.2) is 5.60 Å². The third kappa shape index (κ3) is 3.52. The summed E-state index contributed by atoms with van der Waals surface area (Å²) in [6.45, 7) is 2.47. The molecule has 0 radical (unpaired) electrons. The van der Waals surface area contributed by atoms with Gasteiger partial charge in [-0.3, -0.25) is 4.90 Å². The molecule has 0 aromatic heterocycles. The maximum Gasteiger partial charge on any atom is 0.417 e. The topological polar surface area (TPSA) is 23.5 Å². The normalized spacial score (nSPS) is 21.2. The molecular weight excluding hydrogens is 303 g/mol. The van der Waals surface area contributed by atoms with Gasteiger partial charge in [-0.2, -0.15) is 13.2 Å². The number of hydrogen-bond donors (Lipinski definition) is 1. The molecule has 1 atom stereocenters. The molecule has 1 aliphatic heterocycles. The van der Waals surface area contributed by atoms with Gasteiger partial charge in [0.2, 0.25) is 0 Å². The van der Waals surface area contributed by atoms with Crippen LogP contribution in [0.1, 0.15) is 37.8 Å². The van der Waals surface area contributed by atoms with E-state index in [0.29, 0.717) is 5.02 Å². The van der Waals surface area contributed by atoms with Gasteiger partial charge in [0.25, 0.3) is 0 Å². The zero-order valence-electron chi connectivity index (χ0n) is 11.8. The Labute approximate surface area is 127 Å². The second kappa shape index (κ2) is 6.15. The van der Waals surface area contributed by atoms with E-state index in [0.717, 1.165) is 12.0 Å². The van der Waals surface area contributed by atoms with Crippen LogP contribution in [0.3, 0.4) is 0 Å². The summed E-state index contributed by atoms with van der Waals surface area (Å²) in [5, 5.41) is 10.4. The highest BCUT2D eigenvalue weighted by Gasteiger charge is 2.54. The molecule has 1 aromatic carbocycles. The van der Waals surface area contributed by atoms with Crippen molar-refractivity contribution in [3.05, 3.63) is 34.9 Å². The van der Waals surface area contributed by atoms with Gasteiger partial charge in [-0.05, 0) is 37.0 Å². The van der Waals surface area contributed by atoms with E-state index in [2.05, 4.69) is 0 Å². The molecule has 1 aliphatic rings. The van der Waals surface area contributed by atoms with Gasteiger partial charge in [0.1, 0.15) is 0 Å². The minimum atomic E-state index is -4.55. The van der Waals surface area contributed by atoms with Crippen LogP contribution < -0.4 is 0 Å². The van der Waals surface area contributed by atoms with E-state index in [-0.39, 0.29) is 32.0 Å². The molecule has 0 spiro atoms. The first-order valence-corrected chi connectivity index (χ1v) is 7.43. The summed E-state index contributed by atoms with van der Waals surface area (Å²) in [5.41, 5.74) is -1.50. The van der Waals surface area contributed by atoms with Crippen molar-refractivity contribution < 1.29 is 18.3 Å². The maximum atomic E-state index is 12.8. The maximum absolute atomic E-state index is 12.8. The summed E-state index contributed by atoms with van der Waals surface area (Å²) in [6, 6.07) is 7.44. The lowest BCUT2D eigenvalue weighted by atomic mass is 9.89. The second-order valence-corrected chi connectivity index (χ2v) is 5.98. The average molecular weight is 322 g/mol. The average Bonchev–Trinajstić information content (AvgIpc) is 2.42. The Morgan fingerprint density at radius 2 is 1.76 bits per heavy atom. The minimum absolute atomic E-state index is 0.0556. The number of benzene rings is 1. The van der Waals surface area contributed by atoms with Crippen LogP contribution in [-0.2, 0) is 0 Å². The molecule has 1 unspecified atom stereocenters. The number of alkyl halides is 3. The number of likely N-dealkylation sites (tertiary alicyclic amines) is 1. The lowest BCUT2D eigenvalue weighted by Crippen LogP contribution is -2.53. The predicted octanol–water partition coefficient (Wildman–Crippen LogP) is 4.18. The largest absolute Gasteiger partial charge is 0.417 e. The zero-order chi connectivity index (χ0) is 15.7. The van der Waals surface area contributed by atoms with E-state index in [1.165, 1.54) is 0 Å². The van der Waals surface area contributed by atoms with Crippen LogP contribution in [0, 0.1) is 0 Å². The number of hydrogen-bond acceptors (Lipinski definition) is 2. The molecule has 118 valence electrons. The van der Waals surface area contributed by atoms with Gasteiger partial charge in [-0.25, -0.2) is 0 Å². The molecule has 2 nitrogen and oxygen atoms in total. The van der Waals surface area contributed by atoms with Crippen molar-refractivity contribution in [2.75, 3.05) is 13.1 Å². The Morgan fingerprint density at radius 1 is 1.24 bits per heavy atom. The molecule has 1 aromatic rings. The van der Waals surface area contributed by atoms with Crippen molar-refractivity contribution in [2.24, 2.45) is 0 Å². The molecule has 0 bridgehead atoms. The lowest BCUT2D eigenvalue weighted by Gasteiger charge is -2.42. The van der Waals surface area contributed by atoms with Crippen molar-refractivity contribution in [3.8, 4) is 0 Å². The molecule has 0 aliphatic carbocycles. The van der Waals surface area contributed by atoms with E-state index in [4.69, 9.17) is 11.6 Å². The van der Waals surface area contributed by atoms with Crippen LogP contribution in [0.4, 0.5) is 13.2 Å². The zero-order valence-corrected chi connectivity index (χ0v) is 12.6. The first-order chi connectivity index (χ1) is 9.77. The van der Waals surface area contributed by atoms with Crippen LogP contribution >= 0.6 is 11.6 Å². The quantitative estimate of drug-likeness (QED) is 0.902. The molecule has 1 saturated heterocycles. The Balaban J connectivity index is 2.08. The van der Waals surface area contributed by atoms with E-state index in [9.17, 15) is 18.3 Å². The van der Waals surface area contributed by atoms with Gasteiger partial charge >= 0.3 is 6.18 Å². The standard InChI is InChI=1S/C15H19ClF3NO/c1-2-13(11-3-5-12(16)6-4-11)20-9-7-14(21,8-10-20)15(17,18)19/h3-6,13,21H,2,7-10H2,1H3. The summed E-state index contributed by atoms with van der Waals surface area (Å²) in [4.78, 5) is 2.00. The SMILES string of the molecule is CCC(c1ccc(Cl)cc1)N1CCC(O)(C(F)(F)F)CC1. The first kappa shape index (κ1) is 16.6. The molecule has 1 fully saturated rings. The van der Waals surface area contributed by atoms with Gasteiger partial charge in [-0.1, -0.05) is 30.7 Å². The van der Waals surface area contributed by atoms with Crippen LogP contribution in [0.25, 0.3) is 0 Å². The Hall–Kier alpha value is -0.780. The molecule has 0 saturated carbocycles. The summed E-state index contributed by atoms with van der Waals surface area (Å²) in [7, 11) is 0. The fourth-order valence-corrected chi connectivity index (χ4v) is 3.00. The highest BCUT2D eigenvalue weighted by atomic mass is 35.5. The first-order valence-electron chi connectivity index (χ1n) is 7.05. The molecule has 0 amide bonds. The summed E-state index contributed by atoms with van der Waals surface area (Å²) in [5.74, 6) is 0. The lowest BCUT2D eigenvalue weighted by molar-refractivity contribution is -0.273. The number of rotatable bonds is 3. The molecule has 6 heteroatoms. The second-order valence-electron chi connectivity index (χ2n) is 5.54. The summed E-state index contributed by atoms with van der Waals surface area (Å²) >= 11 is 5.86. The summed E-state index contributed by atoms with van der Waals surface area (Å²) < 4.78 is 38.5. The highest BCUT2D eigenvalue weighted by molar-refractivity contribution is 6.30. The van der Waals surface area contributed by atoms with Gasteiger partial charge in [0, 0.05) is 24.2 Å². The van der Waals surface area contributed by atoms with Gasteiger partial charge in [0.05, 0.1) is 0 Å². The third-order valence-corrected chi connectivity index (χ3v) is 4.49. The molecule has 1 heterocycles. The van der Waals surface area contributed by atoms with Crippen molar-refractivity contribution in [2.45, 2.75) is 44.0 Å². The molecule has 1 N–H and O–H groups in total. The van der Waals surface area contributed by atoms with E-state index in [1.54, 1.807) is 12.1 Å². The number of nitrogens with zero attached hydrogens (tertiary/aromatic N) is 1. The fourth-order valence-electron chi connectivity index (χ4n) is 2.88.